The molecule has 1 heterocycles. The van der Waals surface area contributed by atoms with Gasteiger partial charge >= 0.3 is 0 Å². The Hall–Kier alpha value is -0.0700. The van der Waals surface area contributed by atoms with Crippen LogP contribution >= 0.6 is 50.1 Å². The lowest BCUT2D eigenvalue weighted by molar-refractivity contribution is 0.872. The summed E-state index contributed by atoms with van der Waals surface area (Å²) < 4.78 is 2.94. The van der Waals surface area contributed by atoms with Crippen LogP contribution in [0.15, 0.2) is 30.6 Å². The quantitative estimate of drug-likeness (QED) is 0.553. The van der Waals surface area contributed by atoms with E-state index in [-0.39, 0.29) is 0 Å². The summed E-state index contributed by atoms with van der Waals surface area (Å²) in [5.74, 6) is 0. The fourth-order valence-electron chi connectivity index (χ4n) is 1.30. The number of hydrogen-bond donors (Lipinski definition) is 0. The number of nitrogens with zero attached hydrogens (tertiary/aromatic N) is 2. The second kappa shape index (κ2) is 4.84. The molecule has 0 atom stereocenters. The van der Waals surface area contributed by atoms with Crippen molar-refractivity contribution in [2.45, 2.75) is 5.33 Å². The van der Waals surface area contributed by atoms with Gasteiger partial charge in [0, 0.05) is 16.5 Å². The Morgan fingerprint density at radius 2 is 2.27 bits per heavy atom. The first-order valence-corrected chi connectivity index (χ1v) is 6.83. The van der Waals surface area contributed by atoms with Crippen molar-refractivity contribution in [2.75, 3.05) is 0 Å². The minimum atomic E-state index is 0.722. The molecule has 78 valence electrons. The van der Waals surface area contributed by atoms with Gasteiger partial charge in [0.2, 0.25) is 0 Å². The van der Waals surface area contributed by atoms with Crippen molar-refractivity contribution in [3.8, 4) is 5.69 Å². The van der Waals surface area contributed by atoms with E-state index in [2.05, 4.69) is 43.6 Å². The summed E-state index contributed by atoms with van der Waals surface area (Å²) in [7, 11) is 0. The zero-order chi connectivity index (χ0) is 10.8. The number of alkyl halides is 1. The predicted molar refractivity (Wildman–Crippen MR) is 73.9 cm³/mol. The van der Waals surface area contributed by atoms with E-state index in [0.717, 1.165) is 19.6 Å². The summed E-state index contributed by atoms with van der Waals surface area (Å²) in [6.07, 6.45) is 3.79. The Morgan fingerprint density at radius 1 is 1.47 bits per heavy atom. The van der Waals surface area contributed by atoms with E-state index in [4.69, 9.17) is 11.6 Å². The molecule has 2 nitrogen and oxygen atoms in total. The first-order chi connectivity index (χ1) is 7.20. The highest BCUT2D eigenvalue weighted by Crippen LogP contribution is 2.22. The summed E-state index contributed by atoms with van der Waals surface area (Å²) >= 11 is 11.7. The van der Waals surface area contributed by atoms with Gasteiger partial charge in [-0.15, -0.1) is 0 Å². The minimum Gasteiger partial charge on any atom is -0.240 e. The van der Waals surface area contributed by atoms with E-state index in [9.17, 15) is 0 Å². The summed E-state index contributed by atoms with van der Waals surface area (Å²) in [5.41, 5.74) is 2.18. The van der Waals surface area contributed by atoms with E-state index in [1.165, 1.54) is 5.56 Å². The topological polar surface area (TPSA) is 17.8 Å². The van der Waals surface area contributed by atoms with Crippen LogP contribution in [0.5, 0.6) is 0 Å². The van der Waals surface area contributed by atoms with Crippen molar-refractivity contribution >= 4 is 50.1 Å². The molecule has 0 fully saturated rings. The molecule has 0 saturated heterocycles. The number of rotatable bonds is 2. The van der Waals surface area contributed by atoms with Gasteiger partial charge in [0.1, 0.15) is 0 Å². The molecule has 0 bridgehead atoms. The molecule has 5 heteroatoms. The Labute approximate surface area is 115 Å². The molecule has 0 unspecified atom stereocenters. The van der Waals surface area contributed by atoms with Crippen LogP contribution in [0.1, 0.15) is 5.56 Å². The molecule has 0 aliphatic carbocycles. The minimum absolute atomic E-state index is 0.722. The van der Waals surface area contributed by atoms with Gasteiger partial charge < -0.3 is 0 Å². The second-order valence-electron chi connectivity index (χ2n) is 3.01. The molecular weight excluding hydrogens is 390 g/mol. The molecule has 1 aromatic heterocycles. The Balaban J connectivity index is 2.55. The zero-order valence-electron chi connectivity index (χ0n) is 7.62. The Morgan fingerprint density at radius 3 is 2.87 bits per heavy atom. The standard InChI is InChI=1S/C10H7BrClIN2/c11-4-7-1-2-8(12)3-10(7)15-6-9(13)5-14-15/h1-3,5-6H,4H2. The van der Waals surface area contributed by atoms with E-state index >= 15 is 0 Å². The highest BCUT2D eigenvalue weighted by molar-refractivity contribution is 14.1. The number of hydrogen-bond acceptors (Lipinski definition) is 1. The summed E-state index contributed by atoms with van der Waals surface area (Å²) in [6, 6.07) is 5.80. The van der Waals surface area contributed by atoms with Crippen LogP contribution in [-0.4, -0.2) is 9.78 Å². The van der Waals surface area contributed by atoms with Crippen LogP contribution < -0.4 is 0 Å². The first kappa shape index (κ1) is 11.4. The first-order valence-electron chi connectivity index (χ1n) is 4.25. The predicted octanol–water partition coefficient (Wildman–Crippen LogP) is 4.03. The maximum absolute atomic E-state index is 5.97. The Kier molecular flexibility index (Phi) is 3.69. The molecule has 0 aliphatic rings. The van der Waals surface area contributed by atoms with Crippen LogP contribution in [0.2, 0.25) is 5.02 Å². The third-order valence-electron chi connectivity index (χ3n) is 1.99. The number of aromatic nitrogens is 2. The molecule has 0 aliphatic heterocycles. The van der Waals surface area contributed by atoms with Gasteiger partial charge in [-0.1, -0.05) is 33.6 Å². The third-order valence-corrected chi connectivity index (χ3v) is 3.39. The van der Waals surface area contributed by atoms with Crippen LogP contribution in [0.4, 0.5) is 0 Å². The molecule has 0 amide bonds. The highest BCUT2D eigenvalue weighted by atomic mass is 127. The maximum Gasteiger partial charge on any atom is 0.0701 e. The molecular formula is C10H7BrClIN2. The van der Waals surface area contributed by atoms with Crippen LogP contribution in [0.3, 0.4) is 0 Å². The molecule has 0 radical (unpaired) electrons. The number of benzene rings is 1. The van der Waals surface area contributed by atoms with Gasteiger partial charge in [-0.25, -0.2) is 4.68 Å². The van der Waals surface area contributed by atoms with E-state index in [1.54, 1.807) is 0 Å². The third kappa shape index (κ3) is 2.54. The fraction of sp³-hybridized carbons (Fsp3) is 0.100. The molecule has 15 heavy (non-hydrogen) atoms. The van der Waals surface area contributed by atoms with E-state index in [0.29, 0.717) is 0 Å². The fourth-order valence-corrected chi connectivity index (χ4v) is 2.32. The molecule has 2 rings (SSSR count). The van der Waals surface area contributed by atoms with Crippen molar-refractivity contribution in [3.63, 3.8) is 0 Å². The van der Waals surface area contributed by atoms with Crippen molar-refractivity contribution in [2.24, 2.45) is 0 Å². The van der Waals surface area contributed by atoms with Crippen LogP contribution in [-0.2, 0) is 5.33 Å². The lowest BCUT2D eigenvalue weighted by Crippen LogP contribution is -1.98. The average Bonchev–Trinajstić information content (AvgIpc) is 2.65. The Bertz CT molecular complexity index is 484. The van der Waals surface area contributed by atoms with Gasteiger partial charge in [-0.05, 0) is 40.3 Å². The zero-order valence-corrected chi connectivity index (χ0v) is 12.1. The van der Waals surface area contributed by atoms with Crippen molar-refractivity contribution < 1.29 is 0 Å². The molecule has 2 aromatic rings. The number of halogens is 3. The van der Waals surface area contributed by atoms with Gasteiger partial charge in [0.05, 0.1) is 15.5 Å². The smallest absolute Gasteiger partial charge is 0.0701 e. The van der Waals surface area contributed by atoms with E-state index < -0.39 is 0 Å². The summed E-state index contributed by atoms with van der Waals surface area (Å²) in [6.45, 7) is 0. The highest BCUT2D eigenvalue weighted by Gasteiger charge is 2.05. The van der Waals surface area contributed by atoms with Crippen LogP contribution in [0, 0.1) is 3.57 Å². The molecule has 0 saturated carbocycles. The summed E-state index contributed by atoms with van der Waals surface area (Å²) in [4.78, 5) is 0. The van der Waals surface area contributed by atoms with Gasteiger partial charge in [-0.2, -0.15) is 5.10 Å². The molecule has 1 aromatic carbocycles. The lowest BCUT2D eigenvalue weighted by Gasteiger charge is -2.07. The maximum atomic E-state index is 5.97. The SMILES string of the molecule is Clc1ccc(CBr)c(-n2cc(I)cn2)c1. The van der Waals surface area contributed by atoms with Crippen LogP contribution in [0.25, 0.3) is 5.69 Å². The van der Waals surface area contributed by atoms with Gasteiger partial charge in [0.25, 0.3) is 0 Å². The van der Waals surface area contributed by atoms with Gasteiger partial charge in [-0.3, -0.25) is 0 Å². The largest absolute Gasteiger partial charge is 0.240 e. The molecule has 0 spiro atoms. The normalized spacial score (nSPS) is 10.6. The van der Waals surface area contributed by atoms with Crippen molar-refractivity contribution in [1.29, 1.82) is 0 Å². The second-order valence-corrected chi connectivity index (χ2v) is 5.25. The van der Waals surface area contributed by atoms with Crippen molar-refractivity contribution in [1.82, 2.24) is 9.78 Å². The average molecular weight is 397 g/mol. The lowest BCUT2D eigenvalue weighted by atomic mass is 10.2. The van der Waals surface area contributed by atoms with Gasteiger partial charge in [0.15, 0.2) is 0 Å². The monoisotopic (exact) mass is 396 g/mol. The van der Waals surface area contributed by atoms with E-state index in [1.807, 2.05) is 35.3 Å². The molecule has 0 N–H and O–H groups in total. The van der Waals surface area contributed by atoms with Crippen molar-refractivity contribution in [3.05, 3.63) is 44.7 Å². The summed E-state index contributed by atoms with van der Waals surface area (Å²) in [5, 5.41) is 5.78.